The van der Waals surface area contributed by atoms with Gasteiger partial charge >= 0.3 is 0 Å². The number of thiophene rings is 1. The standard InChI is InChI=1S/C18H20N2O3S/c1-11(21)16-6-12(10-24-16)7-17(23)20-18(13-8-14(22)9-13)15-4-2-3-5-19-15/h2-6,10,13-14,18,22H,7-9H2,1H3,(H,20,23)/t13?,14?,18-/m0/s1. The van der Waals surface area contributed by atoms with E-state index in [9.17, 15) is 14.7 Å². The maximum absolute atomic E-state index is 12.4. The lowest BCUT2D eigenvalue weighted by Gasteiger charge is -2.37. The lowest BCUT2D eigenvalue weighted by molar-refractivity contribution is -0.122. The fourth-order valence-corrected chi connectivity index (χ4v) is 3.77. The number of aliphatic hydroxyl groups excluding tert-OH is 1. The van der Waals surface area contributed by atoms with Crippen molar-refractivity contribution in [3.05, 3.63) is 52.0 Å². The molecule has 6 heteroatoms. The number of ketones is 1. The largest absolute Gasteiger partial charge is 0.393 e. The number of pyridine rings is 1. The first-order valence-corrected chi connectivity index (χ1v) is 8.87. The van der Waals surface area contributed by atoms with Crippen LogP contribution in [0.5, 0.6) is 0 Å². The van der Waals surface area contributed by atoms with E-state index in [4.69, 9.17) is 0 Å². The lowest BCUT2D eigenvalue weighted by Crippen LogP contribution is -2.42. The maximum atomic E-state index is 12.4. The number of nitrogens with one attached hydrogen (secondary N) is 1. The first-order valence-electron chi connectivity index (χ1n) is 7.99. The monoisotopic (exact) mass is 344 g/mol. The Labute approximate surface area is 144 Å². The normalized spacial score (nSPS) is 20.9. The minimum atomic E-state index is -0.284. The Balaban J connectivity index is 1.67. The zero-order valence-electron chi connectivity index (χ0n) is 13.4. The van der Waals surface area contributed by atoms with Gasteiger partial charge in [-0.05, 0) is 54.8 Å². The first kappa shape index (κ1) is 16.8. The fraction of sp³-hybridized carbons (Fsp3) is 0.389. The van der Waals surface area contributed by atoms with Crippen LogP contribution < -0.4 is 5.32 Å². The van der Waals surface area contributed by atoms with Gasteiger partial charge in [-0.15, -0.1) is 11.3 Å². The molecule has 0 radical (unpaired) electrons. The van der Waals surface area contributed by atoms with Crippen molar-refractivity contribution in [1.29, 1.82) is 0 Å². The van der Waals surface area contributed by atoms with E-state index in [1.54, 1.807) is 12.3 Å². The van der Waals surface area contributed by atoms with E-state index in [2.05, 4.69) is 10.3 Å². The summed E-state index contributed by atoms with van der Waals surface area (Å²) >= 11 is 1.36. The van der Waals surface area contributed by atoms with Gasteiger partial charge in [-0.2, -0.15) is 0 Å². The second-order valence-electron chi connectivity index (χ2n) is 6.24. The van der Waals surface area contributed by atoms with Crippen molar-refractivity contribution >= 4 is 23.0 Å². The van der Waals surface area contributed by atoms with Crippen molar-refractivity contribution in [2.75, 3.05) is 0 Å². The van der Waals surface area contributed by atoms with Crippen LogP contribution in [0.2, 0.25) is 0 Å². The van der Waals surface area contributed by atoms with Gasteiger partial charge in [0.25, 0.3) is 0 Å². The molecule has 0 aromatic carbocycles. The molecule has 24 heavy (non-hydrogen) atoms. The van der Waals surface area contributed by atoms with Gasteiger partial charge in [0.15, 0.2) is 5.78 Å². The number of hydrogen-bond donors (Lipinski definition) is 2. The van der Waals surface area contributed by atoms with Crippen LogP contribution in [0.25, 0.3) is 0 Å². The Morgan fingerprint density at radius 1 is 1.42 bits per heavy atom. The second-order valence-corrected chi connectivity index (χ2v) is 7.15. The Morgan fingerprint density at radius 3 is 2.79 bits per heavy atom. The SMILES string of the molecule is CC(=O)c1cc(CC(=O)N[C@H](c2ccccn2)C2CC(O)C2)cs1. The molecule has 2 aromatic rings. The number of aliphatic hydroxyl groups is 1. The van der Waals surface area contributed by atoms with Gasteiger partial charge in [0.2, 0.25) is 5.91 Å². The highest BCUT2D eigenvalue weighted by atomic mass is 32.1. The average molecular weight is 344 g/mol. The zero-order valence-corrected chi connectivity index (χ0v) is 14.3. The highest BCUT2D eigenvalue weighted by molar-refractivity contribution is 7.12. The van der Waals surface area contributed by atoms with Crippen LogP contribution in [-0.4, -0.2) is 27.9 Å². The summed E-state index contributed by atoms with van der Waals surface area (Å²) in [4.78, 5) is 28.8. The van der Waals surface area contributed by atoms with Crippen LogP contribution in [0.4, 0.5) is 0 Å². The predicted octanol–water partition coefficient (Wildman–Crippen LogP) is 2.52. The molecule has 0 spiro atoms. The summed E-state index contributed by atoms with van der Waals surface area (Å²) in [6, 6.07) is 7.22. The molecular formula is C18H20N2O3S. The lowest BCUT2D eigenvalue weighted by atomic mass is 9.76. The molecule has 0 unspecified atom stereocenters. The number of carbonyl (C=O) groups is 2. The van der Waals surface area contributed by atoms with Gasteiger partial charge in [-0.1, -0.05) is 6.07 Å². The third-order valence-corrected chi connectivity index (χ3v) is 5.39. The van der Waals surface area contributed by atoms with Crippen LogP contribution in [0.15, 0.2) is 35.8 Å². The average Bonchev–Trinajstić information content (AvgIpc) is 2.99. The molecule has 0 saturated heterocycles. The number of rotatable bonds is 6. The van der Waals surface area contributed by atoms with Crippen LogP contribution in [0, 0.1) is 5.92 Å². The van der Waals surface area contributed by atoms with Gasteiger partial charge in [0, 0.05) is 6.20 Å². The van der Waals surface area contributed by atoms with Crippen molar-refractivity contribution in [3.8, 4) is 0 Å². The first-order chi connectivity index (χ1) is 11.5. The Kier molecular flexibility index (Phi) is 5.06. The number of carbonyl (C=O) groups excluding carboxylic acids is 2. The second kappa shape index (κ2) is 7.23. The van der Waals surface area contributed by atoms with Gasteiger partial charge in [0.1, 0.15) is 0 Å². The molecule has 5 nitrogen and oxygen atoms in total. The Morgan fingerprint density at radius 2 is 2.21 bits per heavy atom. The number of Topliss-reactive ketones (excluding diaryl/α,β-unsaturated/α-hetero) is 1. The maximum Gasteiger partial charge on any atom is 0.224 e. The van der Waals surface area contributed by atoms with E-state index in [0.29, 0.717) is 17.7 Å². The fourth-order valence-electron chi connectivity index (χ4n) is 2.96. The molecule has 1 aliphatic carbocycles. The molecule has 126 valence electrons. The molecule has 0 bridgehead atoms. The third-order valence-electron chi connectivity index (χ3n) is 4.31. The molecule has 1 saturated carbocycles. The predicted molar refractivity (Wildman–Crippen MR) is 91.9 cm³/mol. The summed E-state index contributed by atoms with van der Waals surface area (Å²) in [7, 11) is 0. The zero-order chi connectivity index (χ0) is 17.1. The van der Waals surface area contributed by atoms with Crippen LogP contribution in [0.3, 0.4) is 0 Å². The van der Waals surface area contributed by atoms with Crippen LogP contribution >= 0.6 is 11.3 Å². The molecule has 1 atom stereocenters. The molecule has 1 fully saturated rings. The summed E-state index contributed by atoms with van der Waals surface area (Å²) in [5.41, 5.74) is 1.66. The number of hydrogen-bond acceptors (Lipinski definition) is 5. The van der Waals surface area contributed by atoms with Crippen molar-refractivity contribution in [3.63, 3.8) is 0 Å². The Bertz CT molecular complexity index is 723. The summed E-state index contributed by atoms with van der Waals surface area (Å²) in [6.45, 7) is 1.52. The van der Waals surface area contributed by atoms with Crippen molar-refractivity contribution in [2.45, 2.75) is 38.3 Å². The molecule has 3 rings (SSSR count). The summed E-state index contributed by atoms with van der Waals surface area (Å²) < 4.78 is 0. The third kappa shape index (κ3) is 3.88. The highest BCUT2D eigenvalue weighted by Gasteiger charge is 2.36. The van der Waals surface area contributed by atoms with Crippen molar-refractivity contribution < 1.29 is 14.7 Å². The number of amides is 1. The highest BCUT2D eigenvalue weighted by Crippen LogP contribution is 2.37. The Hall–Kier alpha value is -2.05. The van der Waals surface area contributed by atoms with Gasteiger partial charge in [-0.25, -0.2) is 0 Å². The molecule has 2 heterocycles. The van der Waals surface area contributed by atoms with E-state index in [-0.39, 0.29) is 36.2 Å². The summed E-state index contributed by atoms with van der Waals surface area (Å²) in [6.07, 6.45) is 3.01. The minimum absolute atomic E-state index is 0.0153. The topological polar surface area (TPSA) is 79.3 Å². The number of aromatic nitrogens is 1. The van der Waals surface area contributed by atoms with Crippen LogP contribution in [0.1, 0.15) is 46.7 Å². The van der Waals surface area contributed by atoms with Gasteiger partial charge in [-0.3, -0.25) is 14.6 Å². The molecule has 0 aliphatic heterocycles. The molecular weight excluding hydrogens is 324 g/mol. The molecule has 1 amide bonds. The minimum Gasteiger partial charge on any atom is -0.393 e. The van der Waals surface area contributed by atoms with E-state index < -0.39 is 0 Å². The molecule has 2 aromatic heterocycles. The summed E-state index contributed by atoms with van der Waals surface area (Å²) in [5, 5.41) is 14.5. The van der Waals surface area contributed by atoms with E-state index in [1.807, 2.05) is 23.6 Å². The van der Waals surface area contributed by atoms with Crippen molar-refractivity contribution in [1.82, 2.24) is 10.3 Å². The molecule has 1 aliphatic rings. The van der Waals surface area contributed by atoms with E-state index >= 15 is 0 Å². The van der Waals surface area contributed by atoms with Crippen LogP contribution in [-0.2, 0) is 11.2 Å². The van der Waals surface area contributed by atoms with Crippen molar-refractivity contribution in [2.24, 2.45) is 5.92 Å². The smallest absolute Gasteiger partial charge is 0.224 e. The van der Waals surface area contributed by atoms with E-state index in [1.165, 1.54) is 18.3 Å². The summed E-state index contributed by atoms with van der Waals surface area (Å²) in [5.74, 6) is 0.121. The van der Waals surface area contributed by atoms with Gasteiger partial charge in [0.05, 0.1) is 29.1 Å². The van der Waals surface area contributed by atoms with E-state index in [0.717, 1.165) is 11.3 Å². The number of nitrogens with zero attached hydrogens (tertiary/aromatic N) is 1. The van der Waals surface area contributed by atoms with Gasteiger partial charge < -0.3 is 10.4 Å². The molecule has 2 N–H and O–H groups in total. The quantitative estimate of drug-likeness (QED) is 0.789.